The third kappa shape index (κ3) is 3.21. The Bertz CT molecular complexity index is 1000. The average Bonchev–Trinajstić information content (AvgIpc) is 2.87. The molecule has 138 valence electrons. The van der Waals surface area contributed by atoms with Gasteiger partial charge in [-0.3, -0.25) is 0 Å². The highest BCUT2D eigenvalue weighted by Gasteiger charge is 2.22. The van der Waals surface area contributed by atoms with Gasteiger partial charge in [0.15, 0.2) is 11.5 Å². The van der Waals surface area contributed by atoms with Crippen molar-refractivity contribution in [2.24, 2.45) is 0 Å². The lowest BCUT2D eigenvalue weighted by molar-refractivity contribution is 0.311. The number of rotatable bonds is 2. The summed E-state index contributed by atoms with van der Waals surface area (Å²) >= 11 is 0. The number of phenols is 1. The highest BCUT2D eigenvalue weighted by Crippen LogP contribution is 2.39. The van der Waals surface area contributed by atoms with Crippen LogP contribution in [0.1, 0.15) is 22.4 Å². The van der Waals surface area contributed by atoms with E-state index in [1.54, 1.807) is 12.4 Å². The van der Waals surface area contributed by atoms with Gasteiger partial charge < -0.3 is 14.7 Å². The van der Waals surface area contributed by atoms with Gasteiger partial charge in [-0.25, -0.2) is 9.97 Å². The summed E-state index contributed by atoms with van der Waals surface area (Å²) in [5.41, 5.74) is 6.28. The first kappa shape index (κ1) is 17.3. The van der Waals surface area contributed by atoms with E-state index in [9.17, 15) is 5.11 Å². The molecule has 0 atom stereocenters. The molecule has 1 aliphatic heterocycles. The number of aromatic hydroxyl groups is 1. The Hall–Kier alpha value is -3.08. The number of nitrogens with zero attached hydrogens (tertiary/aromatic N) is 3. The molecule has 1 aromatic heterocycles. The molecule has 0 aliphatic carbocycles. The van der Waals surface area contributed by atoms with E-state index >= 15 is 0 Å². The summed E-state index contributed by atoms with van der Waals surface area (Å²) in [5, 5.41) is 10.6. The molecule has 0 spiro atoms. The lowest BCUT2D eigenvalue weighted by Crippen LogP contribution is -2.27. The standard InChI is InChI=1S/C22H23N3O2/c1-14-6-4-5-7-19(14)17-10-18-12-25(8-9-27-21(18)20(26)11-17)22-15(2)16(3)23-13-24-22/h4-7,10-11,13,26H,8-9,12H2,1-3H3. The highest BCUT2D eigenvalue weighted by molar-refractivity contribution is 5.72. The molecule has 0 radical (unpaired) electrons. The first-order valence-electron chi connectivity index (χ1n) is 9.12. The molecule has 1 N–H and O–H groups in total. The summed E-state index contributed by atoms with van der Waals surface area (Å²) in [7, 11) is 0. The van der Waals surface area contributed by atoms with E-state index in [1.807, 2.05) is 26.0 Å². The van der Waals surface area contributed by atoms with E-state index in [2.05, 4.69) is 40.0 Å². The summed E-state index contributed by atoms with van der Waals surface area (Å²) in [5.74, 6) is 1.67. The maximum atomic E-state index is 10.6. The molecule has 2 aromatic carbocycles. The summed E-state index contributed by atoms with van der Waals surface area (Å²) in [6, 6.07) is 12.1. The Kier molecular flexibility index (Phi) is 4.44. The molecular weight excluding hydrogens is 338 g/mol. The van der Waals surface area contributed by atoms with Crippen LogP contribution >= 0.6 is 0 Å². The molecule has 0 unspecified atom stereocenters. The minimum Gasteiger partial charge on any atom is -0.504 e. The summed E-state index contributed by atoms with van der Waals surface area (Å²) < 4.78 is 5.89. The Labute approximate surface area is 159 Å². The van der Waals surface area contributed by atoms with E-state index in [0.29, 0.717) is 25.4 Å². The maximum Gasteiger partial charge on any atom is 0.166 e. The van der Waals surface area contributed by atoms with Gasteiger partial charge in [0.05, 0.1) is 6.54 Å². The van der Waals surface area contributed by atoms with Crippen LogP contribution in [0.5, 0.6) is 11.5 Å². The zero-order valence-corrected chi connectivity index (χ0v) is 15.9. The number of ether oxygens (including phenoxy) is 1. The number of anilines is 1. The van der Waals surface area contributed by atoms with Crippen LogP contribution < -0.4 is 9.64 Å². The number of hydrogen-bond acceptors (Lipinski definition) is 5. The van der Waals surface area contributed by atoms with Crippen LogP contribution in [0.4, 0.5) is 5.82 Å². The molecule has 5 heteroatoms. The Balaban J connectivity index is 1.78. The van der Waals surface area contributed by atoms with Crippen LogP contribution in [0.15, 0.2) is 42.7 Å². The number of benzene rings is 2. The predicted molar refractivity (Wildman–Crippen MR) is 106 cm³/mol. The van der Waals surface area contributed by atoms with Crippen molar-refractivity contribution in [3.05, 3.63) is 65.1 Å². The molecule has 2 heterocycles. The Morgan fingerprint density at radius 2 is 1.89 bits per heavy atom. The quantitative estimate of drug-likeness (QED) is 0.742. The lowest BCUT2D eigenvalue weighted by atomic mass is 9.98. The van der Waals surface area contributed by atoms with E-state index in [1.165, 1.54) is 5.56 Å². The van der Waals surface area contributed by atoms with Gasteiger partial charge in [0.25, 0.3) is 0 Å². The molecule has 4 rings (SSSR count). The van der Waals surface area contributed by atoms with Gasteiger partial charge in [-0.15, -0.1) is 0 Å². The molecule has 0 bridgehead atoms. The third-order valence-electron chi connectivity index (χ3n) is 5.18. The minimum atomic E-state index is 0.184. The molecule has 0 saturated carbocycles. The molecule has 5 nitrogen and oxygen atoms in total. The van der Waals surface area contributed by atoms with Crippen LogP contribution in [0.3, 0.4) is 0 Å². The number of fused-ring (bicyclic) bond motifs is 1. The maximum absolute atomic E-state index is 10.6. The van der Waals surface area contributed by atoms with Gasteiger partial charge in [0.2, 0.25) is 0 Å². The largest absolute Gasteiger partial charge is 0.504 e. The van der Waals surface area contributed by atoms with Crippen molar-refractivity contribution in [1.82, 2.24) is 9.97 Å². The van der Waals surface area contributed by atoms with E-state index in [0.717, 1.165) is 33.8 Å². The van der Waals surface area contributed by atoms with Crippen LogP contribution in [0.25, 0.3) is 11.1 Å². The van der Waals surface area contributed by atoms with E-state index < -0.39 is 0 Å². The molecular formula is C22H23N3O2. The van der Waals surface area contributed by atoms with Crippen molar-refractivity contribution in [2.45, 2.75) is 27.3 Å². The fraction of sp³-hybridized carbons (Fsp3) is 0.273. The van der Waals surface area contributed by atoms with Crippen molar-refractivity contribution in [2.75, 3.05) is 18.1 Å². The fourth-order valence-corrected chi connectivity index (χ4v) is 3.58. The topological polar surface area (TPSA) is 58.5 Å². The first-order chi connectivity index (χ1) is 13.0. The van der Waals surface area contributed by atoms with Crippen molar-refractivity contribution < 1.29 is 9.84 Å². The van der Waals surface area contributed by atoms with Crippen molar-refractivity contribution >= 4 is 5.82 Å². The van der Waals surface area contributed by atoms with Gasteiger partial charge in [-0.1, -0.05) is 24.3 Å². The molecule has 27 heavy (non-hydrogen) atoms. The lowest BCUT2D eigenvalue weighted by Gasteiger charge is -2.23. The van der Waals surface area contributed by atoms with Gasteiger partial charge in [-0.2, -0.15) is 0 Å². The number of phenolic OH excluding ortho intramolecular Hbond substituents is 1. The molecule has 1 aliphatic rings. The van der Waals surface area contributed by atoms with Crippen molar-refractivity contribution in [3.63, 3.8) is 0 Å². The smallest absolute Gasteiger partial charge is 0.166 e. The number of hydrogen-bond donors (Lipinski definition) is 1. The zero-order valence-electron chi connectivity index (χ0n) is 15.9. The zero-order chi connectivity index (χ0) is 19.0. The van der Waals surface area contributed by atoms with Gasteiger partial charge >= 0.3 is 0 Å². The van der Waals surface area contributed by atoms with Gasteiger partial charge in [-0.05, 0) is 49.6 Å². The second-order valence-corrected chi connectivity index (χ2v) is 6.98. The molecule has 0 saturated heterocycles. The highest BCUT2D eigenvalue weighted by atomic mass is 16.5. The minimum absolute atomic E-state index is 0.184. The number of aromatic nitrogens is 2. The van der Waals surface area contributed by atoms with Gasteiger partial charge in [0, 0.05) is 23.4 Å². The normalized spacial score (nSPS) is 13.7. The Morgan fingerprint density at radius 1 is 1.07 bits per heavy atom. The summed E-state index contributed by atoms with van der Waals surface area (Å²) in [4.78, 5) is 11.0. The summed E-state index contributed by atoms with van der Waals surface area (Å²) in [6.07, 6.45) is 1.60. The van der Waals surface area contributed by atoms with E-state index in [4.69, 9.17) is 4.74 Å². The van der Waals surface area contributed by atoms with Gasteiger partial charge in [0.1, 0.15) is 18.8 Å². The summed E-state index contributed by atoms with van der Waals surface area (Å²) in [6.45, 7) is 7.93. The molecule has 3 aromatic rings. The fourth-order valence-electron chi connectivity index (χ4n) is 3.58. The third-order valence-corrected chi connectivity index (χ3v) is 5.18. The van der Waals surface area contributed by atoms with Crippen LogP contribution in [0.2, 0.25) is 0 Å². The average molecular weight is 361 g/mol. The van der Waals surface area contributed by atoms with Crippen molar-refractivity contribution in [1.29, 1.82) is 0 Å². The first-order valence-corrected chi connectivity index (χ1v) is 9.12. The van der Waals surface area contributed by atoms with Crippen LogP contribution in [-0.2, 0) is 6.54 Å². The second kappa shape index (κ2) is 6.91. The predicted octanol–water partition coefficient (Wildman–Crippen LogP) is 4.17. The molecule has 0 amide bonds. The number of aryl methyl sites for hydroxylation is 2. The second-order valence-electron chi connectivity index (χ2n) is 6.98. The van der Waals surface area contributed by atoms with Crippen molar-refractivity contribution in [3.8, 4) is 22.6 Å². The monoisotopic (exact) mass is 361 g/mol. The Morgan fingerprint density at radius 3 is 2.70 bits per heavy atom. The van der Waals surface area contributed by atoms with Crippen LogP contribution in [-0.4, -0.2) is 28.2 Å². The van der Waals surface area contributed by atoms with Crippen LogP contribution in [0, 0.1) is 20.8 Å². The SMILES string of the molecule is Cc1ccccc1-c1cc(O)c2c(c1)CN(c1ncnc(C)c1C)CCO2. The van der Waals surface area contributed by atoms with E-state index in [-0.39, 0.29) is 5.75 Å². The molecule has 0 fully saturated rings.